The lowest BCUT2D eigenvalue weighted by molar-refractivity contribution is -0.274. The number of hydrogen-bond acceptors (Lipinski definition) is 4. The first-order valence-electron chi connectivity index (χ1n) is 6.84. The second-order valence-electron chi connectivity index (χ2n) is 4.92. The van der Waals surface area contributed by atoms with Gasteiger partial charge in [0.25, 0.3) is 0 Å². The lowest BCUT2D eigenvalue weighted by Gasteiger charge is -2.09. The smallest absolute Gasteiger partial charge is 0.497 e. The van der Waals surface area contributed by atoms with Crippen molar-refractivity contribution in [2.75, 3.05) is 7.11 Å². The van der Waals surface area contributed by atoms with Crippen LogP contribution in [0.2, 0.25) is 0 Å². The molecule has 0 N–H and O–H groups in total. The molecule has 0 fully saturated rings. The number of alkyl halides is 3. The van der Waals surface area contributed by atoms with Crippen LogP contribution in [0, 0.1) is 0 Å². The summed E-state index contributed by atoms with van der Waals surface area (Å²) in [4.78, 5) is 12.1. The van der Waals surface area contributed by atoms with Crippen LogP contribution < -0.4 is 15.1 Å². The summed E-state index contributed by atoms with van der Waals surface area (Å²) in [7, 11) is 1.50. The fraction of sp³-hybridized carbons (Fsp3) is 0.118. The fourth-order valence-electron chi connectivity index (χ4n) is 2.26. The monoisotopic (exact) mass is 336 g/mol. The Morgan fingerprint density at radius 3 is 2.25 bits per heavy atom. The Labute approximate surface area is 134 Å². The molecule has 0 aliphatic heterocycles. The Morgan fingerprint density at radius 2 is 1.62 bits per heavy atom. The number of halogens is 3. The van der Waals surface area contributed by atoms with Crippen molar-refractivity contribution in [3.8, 4) is 22.6 Å². The van der Waals surface area contributed by atoms with Crippen LogP contribution in [0.4, 0.5) is 13.2 Å². The van der Waals surface area contributed by atoms with E-state index in [-0.39, 0.29) is 11.3 Å². The maximum Gasteiger partial charge on any atom is 0.573 e. The molecule has 0 aliphatic carbocycles. The van der Waals surface area contributed by atoms with Crippen LogP contribution in [0.1, 0.15) is 0 Å². The molecule has 0 radical (unpaired) electrons. The summed E-state index contributed by atoms with van der Waals surface area (Å²) in [5.74, 6) is 0.188. The van der Waals surface area contributed by atoms with Crippen LogP contribution >= 0.6 is 0 Å². The molecule has 24 heavy (non-hydrogen) atoms. The molecule has 2 aromatic carbocycles. The third-order valence-electron chi connectivity index (χ3n) is 3.34. The minimum Gasteiger partial charge on any atom is -0.497 e. The minimum absolute atomic E-state index is 0.242. The zero-order chi connectivity index (χ0) is 17.3. The second kappa shape index (κ2) is 5.92. The summed E-state index contributed by atoms with van der Waals surface area (Å²) in [6.07, 6.45) is -4.76. The van der Waals surface area contributed by atoms with Gasteiger partial charge in [0.1, 0.15) is 17.1 Å². The van der Waals surface area contributed by atoms with Gasteiger partial charge in [0.15, 0.2) is 0 Å². The molecule has 0 atom stereocenters. The van der Waals surface area contributed by atoms with E-state index >= 15 is 0 Å². The maximum atomic E-state index is 12.2. The molecule has 7 heteroatoms. The van der Waals surface area contributed by atoms with E-state index in [0.717, 1.165) is 12.1 Å². The lowest BCUT2D eigenvalue weighted by Crippen LogP contribution is -2.17. The lowest BCUT2D eigenvalue weighted by atomic mass is 10.1. The number of hydrogen-bond donors (Lipinski definition) is 0. The molecule has 0 unspecified atom stereocenters. The van der Waals surface area contributed by atoms with E-state index in [9.17, 15) is 18.0 Å². The van der Waals surface area contributed by atoms with Gasteiger partial charge in [-0.2, -0.15) is 0 Å². The van der Waals surface area contributed by atoms with Crippen LogP contribution in [0.3, 0.4) is 0 Å². The molecule has 1 heterocycles. The van der Waals surface area contributed by atoms with Gasteiger partial charge in [0.2, 0.25) is 0 Å². The molecule has 4 nitrogen and oxygen atoms in total. The van der Waals surface area contributed by atoms with Gasteiger partial charge < -0.3 is 13.9 Å². The average molecular weight is 336 g/mol. The molecule has 3 rings (SSSR count). The largest absolute Gasteiger partial charge is 0.573 e. The molecular formula is C17H11F3O4. The van der Waals surface area contributed by atoms with Gasteiger partial charge in [0.05, 0.1) is 12.7 Å². The highest BCUT2D eigenvalue weighted by Gasteiger charge is 2.31. The summed E-state index contributed by atoms with van der Waals surface area (Å²) < 4.78 is 50.6. The molecule has 0 saturated heterocycles. The van der Waals surface area contributed by atoms with Crippen LogP contribution in [0.15, 0.2) is 57.7 Å². The van der Waals surface area contributed by atoms with Gasteiger partial charge in [-0.05, 0) is 35.9 Å². The van der Waals surface area contributed by atoms with E-state index in [4.69, 9.17) is 9.15 Å². The number of rotatable bonds is 3. The van der Waals surface area contributed by atoms with Gasteiger partial charge in [-0.15, -0.1) is 13.2 Å². The van der Waals surface area contributed by atoms with Crippen LogP contribution in [0.25, 0.3) is 22.1 Å². The van der Waals surface area contributed by atoms with Crippen molar-refractivity contribution in [2.24, 2.45) is 0 Å². The predicted octanol–water partition coefficient (Wildman–Crippen LogP) is 4.37. The van der Waals surface area contributed by atoms with Gasteiger partial charge in [0, 0.05) is 11.5 Å². The minimum atomic E-state index is -4.76. The van der Waals surface area contributed by atoms with Gasteiger partial charge in [-0.3, -0.25) is 0 Å². The first-order chi connectivity index (χ1) is 11.4. The molecule has 1 aromatic heterocycles. The number of fused-ring (bicyclic) bond motifs is 1. The first-order valence-corrected chi connectivity index (χ1v) is 6.84. The Bertz CT molecular complexity index is 927. The van der Waals surface area contributed by atoms with Crippen molar-refractivity contribution >= 4 is 11.0 Å². The zero-order valence-corrected chi connectivity index (χ0v) is 12.4. The summed E-state index contributed by atoms with van der Waals surface area (Å²) in [6, 6.07) is 11.6. The molecule has 124 valence electrons. The van der Waals surface area contributed by atoms with E-state index < -0.39 is 12.0 Å². The predicted molar refractivity (Wildman–Crippen MR) is 81.2 cm³/mol. The first kappa shape index (κ1) is 15.9. The summed E-state index contributed by atoms with van der Waals surface area (Å²) >= 11 is 0. The standard InChI is InChI=1S/C17H11F3O4/c1-22-13-7-4-11-8-14(16(21)23-15(11)9-13)10-2-5-12(6-3-10)24-17(18,19)20/h2-9H,1H3. The molecular weight excluding hydrogens is 325 g/mol. The molecule has 0 spiro atoms. The summed E-state index contributed by atoms with van der Waals surface area (Å²) in [6.45, 7) is 0. The van der Waals surface area contributed by atoms with E-state index in [2.05, 4.69) is 4.74 Å². The van der Waals surface area contributed by atoms with Crippen molar-refractivity contribution in [1.82, 2.24) is 0 Å². The van der Waals surface area contributed by atoms with Crippen LogP contribution in [0.5, 0.6) is 11.5 Å². The molecule has 0 amide bonds. The van der Waals surface area contributed by atoms with E-state index in [1.165, 1.54) is 19.2 Å². The molecule has 0 bridgehead atoms. The van der Waals surface area contributed by atoms with Crippen molar-refractivity contribution < 1.29 is 27.1 Å². The highest BCUT2D eigenvalue weighted by Crippen LogP contribution is 2.27. The number of methoxy groups -OCH3 is 1. The topological polar surface area (TPSA) is 48.7 Å². The molecule has 0 saturated carbocycles. The van der Waals surface area contributed by atoms with Crippen molar-refractivity contribution in [1.29, 1.82) is 0 Å². The third-order valence-corrected chi connectivity index (χ3v) is 3.34. The van der Waals surface area contributed by atoms with E-state index in [0.29, 0.717) is 22.3 Å². The van der Waals surface area contributed by atoms with Gasteiger partial charge >= 0.3 is 12.0 Å². The third kappa shape index (κ3) is 3.34. The van der Waals surface area contributed by atoms with Crippen molar-refractivity contribution in [3.05, 3.63) is 59.0 Å². The number of benzene rings is 2. The summed E-state index contributed by atoms with van der Waals surface area (Å²) in [5.41, 5.74) is 0.433. The average Bonchev–Trinajstić information content (AvgIpc) is 2.53. The molecule has 0 aliphatic rings. The Kier molecular flexibility index (Phi) is 3.92. The highest BCUT2D eigenvalue weighted by molar-refractivity contribution is 5.82. The van der Waals surface area contributed by atoms with Gasteiger partial charge in [-0.25, -0.2) is 4.79 Å². The fourth-order valence-corrected chi connectivity index (χ4v) is 2.26. The van der Waals surface area contributed by atoms with Crippen molar-refractivity contribution in [2.45, 2.75) is 6.36 Å². The molecule has 3 aromatic rings. The zero-order valence-electron chi connectivity index (χ0n) is 12.4. The Hall–Kier alpha value is -2.96. The van der Waals surface area contributed by atoms with E-state index in [1.54, 1.807) is 24.3 Å². The highest BCUT2D eigenvalue weighted by atomic mass is 19.4. The van der Waals surface area contributed by atoms with Crippen LogP contribution in [-0.2, 0) is 0 Å². The maximum absolute atomic E-state index is 12.2. The van der Waals surface area contributed by atoms with Crippen LogP contribution in [-0.4, -0.2) is 13.5 Å². The quantitative estimate of drug-likeness (QED) is 0.667. The normalized spacial score (nSPS) is 11.5. The SMILES string of the molecule is COc1ccc2cc(-c3ccc(OC(F)(F)F)cc3)c(=O)oc2c1. The van der Waals surface area contributed by atoms with Gasteiger partial charge in [-0.1, -0.05) is 12.1 Å². The van der Waals surface area contributed by atoms with E-state index in [1.807, 2.05) is 0 Å². The number of ether oxygens (including phenoxy) is 2. The Balaban J connectivity index is 2.00. The van der Waals surface area contributed by atoms with Crippen molar-refractivity contribution in [3.63, 3.8) is 0 Å². The second-order valence-corrected chi connectivity index (χ2v) is 4.92. The summed E-state index contributed by atoms with van der Waals surface area (Å²) in [5, 5.41) is 0.668. The Morgan fingerprint density at radius 1 is 0.958 bits per heavy atom.